The summed E-state index contributed by atoms with van der Waals surface area (Å²) in [4.78, 5) is 8.53. The summed E-state index contributed by atoms with van der Waals surface area (Å²) in [6.45, 7) is 0. The number of imidazole rings is 2. The number of rotatable bonds is 5. The zero-order valence-corrected chi connectivity index (χ0v) is 13.2. The number of hydrogen-bond acceptors (Lipinski definition) is 2. The lowest BCUT2D eigenvalue weighted by molar-refractivity contribution is 0.421. The van der Waals surface area contributed by atoms with Crippen molar-refractivity contribution in [2.75, 3.05) is 0 Å². The third kappa shape index (κ3) is 2.74. The van der Waals surface area contributed by atoms with Crippen LogP contribution < -0.4 is 0 Å². The van der Waals surface area contributed by atoms with Crippen molar-refractivity contribution in [3.63, 3.8) is 0 Å². The zero-order chi connectivity index (χ0) is 16.2. The Morgan fingerprint density at radius 1 is 0.583 bits per heavy atom. The molecule has 118 valence electrons. The lowest BCUT2D eigenvalue weighted by atomic mass is 9.93. The monoisotopic (exact) mass is 314 g/mol. The molecular weight excluding hydrogens is 296 g/mol. The van der Waals surface area contributed by atoms with Crippen LogP contribution in [0.3, 0.4) is 0 Å². The molecule has 4 heteroatoms. The molecule has 2 atom stereocenters. The average molecular weight is 314 g/mol. The first-order valence-electron chi connectivity index (χ1n) is 7.98. The lowest BCUT2D eigenvalue weighted by Crippen LogP contribution is -2.23. The van der Waals surface area contributed by atoms with Crippen LogP contribution in [-0.2, 0) is 0 Å². The van der Waals surface area contributed by atoms with E-state index in [0.717, 1.165) is 0 Å². The topological polar surface area (TPSA) is 35.6 Å². The fourth-order valence-corrected chi connectivity index (χ4v) is 3.20. The average Bonchev–Trinajstić information content (AvgIpc) is 3.35. The molecule has 0 radical (unpaired) electrons. The molecular formula is C20H18N4. The van der Waals surface area contributed by atoms with Crippen LogP contribution in [0.4, 0.5) is 0 Å². The second-order valence-electron chi connectivity index (χ2n) is 5.73. The molecule has 0 saturated carbocycles. The van der Waals surface area contributed by atoms with E-state index in [2.05, 4.69) is 67.6 Å². The minimum atomic E-state index is 0.0882. The van der Waals surface area contributed by atoms with Crippen LogP contribution in [0.1, 0.15) is 23.2 Å². The summed E-state index contributed by atoms with van der Waals surface area (Å²) < 4.78 is 4.32. The summed E-state index contributed by atoms with van der Waals surface area (Å²) in [7, 11) is 0. The van der Waals surface area contributed by atoms with Crippen molar-refractivity contribution >= 4 is 0 Å². The maximum atomic E-state index is 4.26. The predicted molar refractivity (Wildman–Crippen MR) is 93.6 cm³/mol. The molecule has 0 aliphatic carbocycles. The molecule has 0 fully saturated rings. The number of hydrogen-bond donors (Lipinski definition) is 0. The van der Waals surface area contributed by atoms with E-state index in [4.69, 9.17) is 0 Å². The molecule has 0 bridgehead atoms. The van der Waals surface area contributed by atoms with Gasteiger partial charge < -0.3 is 9.13 Å². The van der Waals surface area contributed by atoms with E-state index in [9.17, 15) is 0 Å². The summed E-state index contributed by atoms with van der Waals surface area (Å²) in [5.74, 6) is 0. The Hall–Kier alpha value is -3.14. The quantitative estimate of drug-likeness (QED) is 0.559. The van der Waals surface area contributed by atoms with Gasteiger partial charge >= 0.3 is 0 Å². The van der Waals surface area contributed by atoms with Crippen LogP contribution in [0.25, 0.3) is 0 Å². The standard InChI is InChI=1S/C20H18N4/c1-3-7-17(8-4-1)19(23-13-11-21-15-23)20(24-14-12-22-16-24)18-9-5-2-6-10-18/h1-16,19-20H/t19-,20-/m1/s1. The molecule has 0 N–H and O–H groups in total. The highest BCUT2D eigenvalue weighted by Crippen LogP contribution is 2.35. The molecule has 2 aromatic heterocycles. The van der Waals surface area contributed by atoms with E-state index in [0.29, 0.717) is 0 Å². The summed E-state index contributed by atoms with van der Waals surface area (Å²) in [6, 6.07) is 21.2. The largest absolute Gasteiger partial charge is 0.328 e. The Labute approximate surface area is 141 Å². The number of aromatic nitrogens is 4. The molecule has 0 aliphatic rings. The Morgan fingerprint density at radius 2 is 1.00 bits per heavy atom. The van der Waals surface area contributed by atoms with Crippen molar-refractivity contribution in [3.05, 3.63) is 109 Å². The van der Waals surface area contributed by atoms with Crippen LogP contribution in [0, 0.1) is 0 Å². The molecule has 0 amide bonds. The van der Waals surface area contributed by atoms with Gasteiger partial charge in [0.2, 0.25) is 0 Å². The lowest BCUT2D eigenvalue weighted by Gasteiger charge is -2.30. The Balaban J connectivity index is 1.90. The Bertz CT molecular complexity index is 777. The van der Waals surface area contributed by atoms with Crippen LogP contribution in [0.2, 0.25) is 0 Å². The van der Waals surface area contributed by atoms with Gasteiger partial charge in [0.15, 0.2) is 0 Å². The summed E-state index contributed by atoms with van der Waals surface area (Å²) in [5, 5.41) is 0. The first-order valence-corrected chi connectivity index (χ1v) is 7.98. The molecule has 4 nitrogen and oxygen atoms in total. The third-order valence-corrected chi connectivity index (χ3v) is 4.27. The fraction of sp³-hybridized carbons (Fsp3) is 0.100. The van der Waals surface area contributed by atoms with Gasteiger partial charge in [-0.2, -0.15) is 0 Å². The normalized spacial score (nSPS) is 13.5. The molecule has 4 aromatic rings. The van der Waals surface area contributed by atoms with Crippen LogP contribution in [-0.4, -0.2) is 19.1 Å². The van der Waals surface area contributed by atoms with Gasteiger partial charge in [0.25, 0.3) is 0 Å². The van der Waals surface area contributed by atoms with Crippen molar-refractivity contribution in [1.82, 2.24) is 19.1 Å². The van der Waals surface area contributed by atoms with Gasteiger partial charge in [0.05, 0.1) is 24.7 Å². The molecule has 0 unspecified atom stereocenters. The Morgan fingerprint density at radius 3 is 1.33 bits per heavy atom. The van der Waals surface area contributed by atoms with Gasteiger partial charge in [-0.25, -0.2) is 9.97 Å². The van der Waals surface area contributed by atoms with E-state index < -0.39 is 0 Å². The maximum absolute atomic E-state index is 4.26. The second-order valence-corrected chi connectivity index (χ2v) is 5.73. The fourth-order valence-electron chi connectivity index (χ4n) is 3.20. The van der Waals surface area contributed by atoms with Gasteiger partial charge in [0, 0.05) is 24.8 Å². The molecule has 0 spiro atoms. The Kier molecular flexibility index (Phi) is 3.94. The minimum absolute atomic E-state index is 0.0882. The van der Waals surface area contributed by atoms with Crippen LogP contribution in [0.15, 0.2) is 98.1 Å². The van der Waals surface area contributed by atoms with Gasteiger partial charge in [-0.15, -0.1) is 0 Å². The van der Waals surface area contributed by atoms with Crippen molar-refractivity contribution in [1.29, 1.82) is 0 Å². The second kappa shape index (κ2) is 6.54. The van der Waals surface area contributed by atoms with Crippen molar-refractivity contribution in [2.24, 2.45) is 0 Å². The molecule has 4 rings (SSSR count). The van der Waals surface area contributed by atoms with Gasteiger partial charge in [-0.3, -0.25) is 0 Å². The van der Waals surface area contributed by atoms with Crippen LogP contribution >= 0.6 is 0 Å². The zero-order valence-electron chi connectivity index (χ0n) is 13.2. The highest BCUT2D eigenvalue weighted by atomic mass is 15.1. The first-order chi connectivity index (χ1) is 11.9. The SMILES string of the molecule is c1ccc([C@H]([C@@H](c2ccccc2)n2ccnc2)n2ccnc2)cc1. The maximum Gasteiger partial charge on any atom is 0.0952 e. The molecule has 2 heterocycles. The van der Waals surface area contributed by atoms with E-state index in [1.807, 2.05) is 49.6 Å². The summed E-state index contributed by atoms with van der Waals surface area (Å²) in [6.07, 6.45) is 11.4. The van der Waals surface area contributed by atoms with Crippen molar-refractivity contribution in [2.45, 2.75) is 12.1 Å². The third-order valence-electron chi connectivity index (χ3n) is 4.27. The molecule has 0 aliphatic heterocycles. The van der Waals surface area contributed by atoms with E-state index >= 15 is 0 Å². The van der Waals surface area contributed by atoms with Gasteiger partial charge in [-0.05, 0) is 11.1 Å². The van der Waals surface area contributed by atoms with E-state index in [1.165, 1.54) is 11.1 Å². The highest BCUT2D eigenvalue weighted by Gasteiger charge is 2.27. The predicted octanol–water partition coefficient (Wildman–Crippen LogP) is 3.96. The smallest absolute Gasteiger partial charge is 0.0952 e. The highest BCUT2D eigenvalue weighted by molar-refractivity contribution is 5.29. The van der Waals surface area contributed by atoms with Crippen LogP contribution in [0.5, 0.6) is 0 Å². The molecule has 0 saturated heterocycles. The number of benzene rings is 2. The summed E-state index contributed by atoms with van der Waals surface area (Å²) >= 11 is 0. The molecule has 24 heavy (non-hydrogen) atoms. The minimum Gasteiger partial charge on any atom is -0.328 e. The van der Waals surface area contributed by atoms with Gasteiger partial charge in [0.1, 0.15) is 0 Å². The van der Waals surface area contributed by atoms with E-state index in [1.54, 1.807) is 0 Å². The van der Waals surface area contributed by atoms with Crippen molar-refractivity contribution in [3.8, 4) is 0 Å². The van der Waals surface area contributed by atoms with Gasteiger partial charge in [-0.1, -0.05) is 60.7 Å². The number of nitrogens with zero attached hydrogens (tertiary/aromatic N) is 4. The van der Waals surface area contributed by atoms with E-state index in [-0.39, 0.29) is 12.1 Å². The summed E-state index contributed by atoms with van der Waals surface area (Å²) in [5.41, 5.74) is 2.47. The first kappa shape index (κ1) is 14.5. The van der Waals surface area contributed by atoms with Crippen molar-refractivity contribution < 1.29 is 0 Å². The molecule has 2 aromatic carbocycles.